The molecule has 0 aliphatic heterocycles. The van der Waals surface area contributed by atoms with Crippen molar-refractivity contribution in [1.29, 1.82) is 0 Å². The number of benzene rings is 1. The van der Waals surface area contributed by atoms with E-state index in [1.165, 1.54) is 0 Å². The average Bonchev–Trinajstić information content (AvgIpc) is 3.14. The van der Waals surface area contributed by atoms with Crippen LogP contribution >= 0.6 is 11.8 Å². The number of hydrogen-bond acceptors (Lipinski definition) is 6. The van der Waals surface area contributed by atoms with E-state index in [4.69, 9.17) is 4.42 Å². The van der Waals surface area contributed by atoms with Crippen LogP contribution in [0.5, 0.6) is 0 Å². The highest BCUT2D eigenvalue weighted by Gasteiger charge is 2.15. The van der Waals surface area contributed by atoms with Crippen LogP contribution < -0.4 is 0 Å². The number of rotatable bonds is 6. The Morgan fingerprint density at radius 2 is 2.12 bits per heavy atom. The van der Waals surface area contributed by atoms with E-state index in [0.29, 0.717) is 18.5 Å². The van der Waals surface area contributed by atoms with E-state index in [1.54, 1.807) is 10.9 Å². The van der Waals surface area contributed by atoms with E-state index in [1.807, 2.05) is 13.0 Å². The maximum Gasteiger partial charge on any atom is 0.277 e. The first kappa shape index (κ1) is 16.3. The minimum Gasteiger partial charge on any atom is -0.414 e. The minimum atomic E-state index is -0.888. The van der Waals surface area contributed by atoms with Gasteiger partial charge in [0, 0.05) is 12.3 Å². The van der Waals surface area contributed by atoms with Gasteiger partial charge in [-0.3, -0.25) is 9.48 Å². The lowest BCUT2D eigenvalue weighted by atomic mass is 10.1. The molecule has 0 radical (unpaired) electrons. The molecule has 1 aromatic carbocycles. The van der Waals surface area contributed by atoms with Gasteiger partial charge in [-0.05, 0) is 25.1 Å². The summed E-state index contributed by atoms with van der Waals surface area (Å²) < 4.78 is 33.4. The van der Waals surface area contributed by atoms with Crippen LogP contribution in [0.25, 0.3) is 0 Å². The van der Waals surface area contributed by atoms with Gasteiger partial charge in [0.05, 0.1) is 17.0 Å². The Morgan fingerprint density at radius 1 is 1.29 bits per heavy atom. The van der Waals surface area contributed by atoms with Crippen LogP contribution in [0, 0.1) is 18.6 Å². The molecule has 3 aromatic rings. The van der Waals surface area contributed by atoms with Crippen molar-refractivity contribution in [1.82, 2.24) is 20.0 Å². The normalized spacial score (nSPS) is 11.0. The number of carbonyl (C=O) groups is 1. The molecule has 9 heteroatoms. The van der Waals surface area contributed by atoms with Gasteiger partial charge in [0.25, 0.3) is 5.22 Å². The summed E-state index contributed by atoms with van der Waals surface area (Å²) in [4.78, 5) is 12.0. The molecule has 24 heavy (non-hydrogen) atoms. The first-order chi connectivity index (χ1) is 11.5. The first-order valence-electron chi connectivity index (χ1n) is 6.95. The molecule has 0 fully saturated rings. The fourth-order valence-electron chi connectivity index (χ4n) is 1.97. The summed E-state index contributed by atoms with van der Waals surface area (Å²) in [6.45, 7) is 2.19. The van der Waals surface area contributed by atoms with Gasteiger partial charge in [0.15, 0.2) is 5.78 Å². The van der Waals surface area contributed by atoms with Crippen LogP contribution in [0.1, 0.15) is 21.9 Å². The first-order valence-corrected chi connectivity index (χ1v) is 7.93. The van der Waals surface area contributed by atoms with Crippen LogP contribution in [0.3, 0.4) is 0 Å². The van der Waals surface area contributed by atoms with Gasteiger partial charge in [-0.25, -0.2) is 8.78 Å². The maximum absolute atomic E-state index is 13.5. The highest BCUT2D eigenvalue weighted by Crippen LogP contribution is 2.19. The van der Waals surface area contributed by atoms with Crippen LogP contribution in [0.4, 0.5) is 8.78 Å². The summed E-state index contributed by atoms with van der Waals surface area (Å²) in [5, 5.41) is 12.1. The van der Waals surface area contributed by atoms with Gasteiger partial charge in [0.1, 0.15) is 18.2 Å². The lowest BCUT2D eigenvalue weighted by Gasteiger charge is -2.01. The minimum absolute atomic E-state index is 0.0922. The van der Waals surface area contributed by atoms with Crippen molar-refractivity contribution in [2.24, 2.45) is 0 Å². The smallest absolute Gasteiger partial charge is 0.277 e. The number of Topliss-reactive ketones (excluding diaryl/α,β-unsaturated/α-hetero) is 1. The zero-order valence-corrected chi connectivity index (χ0v) is 13.4. The molecular formula is C15H12F2N4O2S. The topological polar surface area (TPSA) is 73.8 Å². The number of ketones is 1. The molecule has 0 unspecified atom stereocenters. The third-order valence-electron chi connectivity index (χ3n) is 3.08. The fourth-order valence-corrected chi connectivity index (χ4v) is 2.63. The van der Waals surface area contributed by atoms with Crippen LogP contribution in [-0.2, 0) is 6.54 Å². The number of aryl methyl sites for hydroxylation is 1. The van der Waals surface area contributed by atoms with Crippen LogP contribution in [0.15, 0.2) is 40.1 Å². The maximum atomic E-state index is 13.5. The van der Waals surface area contributed by atoms with E-state index in [-0.39, 0.29) is 16.5 Å². The summed E-state index contributed by atoms with van der Waals surface area (Å²) in [6.07, 6.45) is 1.78. The number of hydrogen-bond donors (Lipinski definition) is 0. The summed E-state index contributed by atoms with van der Waals surface area (Å²) in [6, 6.07) is 4.68. The third kappa shape index (κ3) is 3.85. The Balaban J connectivity index is 1.59. The molecule has 3 rings (SSSR count). The Hall–Kier alpha value is -2.55. The number of nitrogens with zero attached hydrogens (tertiary/aromatic N) is 4. The standard InChI is InChI=1S/C15H12F2N4O2S/c1-9-4-5-21(20-9)7-14-18-19-15(23-14)24-8-13(22)11-3-2-10(16)6-12(11)17/h2-6H,7-8H2,1H3. The van der Waals surface area contributed by atoms with Crippen molar-refractivity contribution in [2.45, 2.75) is 18.7 Å². The second kappa shape index (κ2) is 6.91. The third-order valence-corrected chi connectivity index (χ3v) is 3.90. The highest BCUT2D eigenvalue weighted by atomic mass is 32.2. The summed E-state index contributed by atoms with van der Waals surface area (Å²) in [7, 11) is 0. The van der Waals surface area contributed by atoms with Crippen LogP contribution in [0.2, 0.25) is 0 Å². The Morgan fingerprint density at radius 3 is 2.83 bits per heavy atom. The molecule has 0 aliphatic carbocycles. The number of halogens is 2. The predicted octanol–water partition coefficient (Wildman–Crippen LogP) is 2.88. The van der Waals surface area contributed by atoms with Gasteiger partial charge >= 0.3 is 0 Å². The predicted molar refractivity (Wildman–Crippen MR) is 81.8 cm³/mol. The van der Waals surface area contributed by atoms with E-state index >= 15 is 0 Å². The Bertz CT molecular complexity index is 878. The largest absolute Gasteiger partial charge is 0.414 e. The summed E-state index contributed by atoms with van der Waals surface area (Å²) in [5.41, 5.74) is 0.701. The van der Waals surface area contributed by atoms with E-state index in [2.05, 4.69) is 15.3 Å². The molecule has 6 nitrogen and oxygen atoms in total. The van der Waals surface area contributed by atoms with Gasteiger partial charge in [-0.15, -0.1) is 10.2 Å². The molecule has 2 heterocycles. The van der Waals surface area contributed by atoms with Crippen molar-refractivity contribution < 1.29 is 18.0 Å². The van der Waals surface area contributed by atoms with Gasteiger partial charge in [-0.1, -0.05) is 11.8 Å². The molecule has 0 N–H and O–H groups in total. The molecule has 0 spiro atoms. The Labute approximate surface area is 139 Å². The lowest BCUT2D eigenvalue weighted by molar-refractivity contribution is 0.101. The van der Waals surface area contributed by atoms with E-state index in [9.17, 15) is 13.6 Å². The quantitative estimate of drug-likeness (QED) is 0.503. The second-order valence-corrected chi connectivity index (χ2v) is 5.88. The van der Waals surface area contributed by atoms with Crippen molar-refractivity contribution in [3.8, 4) is 0 Å². The molecule has 0 atom stereocenters. The van der Waals surface area contributed by atoms with Gasteiger partial charge < -0.3 is 4.42 Å². The molecule has 0 amide bonds. The molecule has 0 saturated heterocycles. The molecule has 124 valence electrons. The number of thioether (sulfide) groups is 1. The van der Waals surface area contributed by atoms with Crippen molar-refractivity contribution >= 4 is 17.5 Å². The lowest BCUT2D eigenvalue weighted by Crippen LogP contribution is -2.05. The summed E-state index contributed by atoms with van der Waals surface area (Å²) in [5.74, 6) is -1.85. The number of aromatic nitrogens is 4. The SMILES string of the molecule is Cc1ccn(Cc2nnc(SCC(=O)c3ccc(F)cc3F)o2)n1. The van der Waals surface area contributed by atoms with Crippen molar-refractivity contribution in [2.75, 3.05) is 5.75 Å². The van der Waals surface area contributed by atoms with E-state index in [0.717, 1.165) is 29.6 Å². The number of carbonyl (C=O) groups excluding carboxylic acids is 1. The molecular weight excluding hydrogens is 338 g/mol. The van der Waals surface area contributed by atoms with Gasteiger partial charge in [-0.2, -0.15) is 5.10 Å². The monoisotopic (exact) mass is 350 g/mol. The zero-order chi connectivity index (χ0) is 17.1. The Kier molecular flexibility index (Phi) is 4.70. The van der Waals surface area contributed by atoms with Crippen LogP contribution in [-0.4, -0.2) is 31.5 Å². The second-order valence-electron chi connectivity index (χ2n) is 4.95. The molecule has 0 aliphatic rings. The summed E-state index contributed by atoms with van der Waals surface area (Å²) >= 11 is 0.993. The average molecular weight is 350 g/mol. The zero-order valence-electron chi connectivity index (χ0n) is 12.6. The van der Waals surface area contributed by atoms with Crippen molar-refractivity contribution in [3.05, 3.63) is 59.2 Å². The molecule has 0 saturated carbocycles. The molecule has 0 bridgehead atoms. The molecule has 2 aromatic heterocycles. The van der Waals surface area contributed by atoms with Gasteiger partial charge in [0.2, 0.25) is 5.89 Å². The van der Waals surface area contributed by atoms with E-state index < -0.39 is 17.4 Å². The fraction of sp³-hybridized carbons (Fsp3) is 0.200. The van der Waals surface area contributed by atoms with Crippen molar-refractivity contribution in [3.63, 3.8) is 0 Å². The highest BCUT2D eigenvalue weighted by molar-refractivity contribution is 7.99.